The third-order valence-electron chi connectivity index (χ3n) is 4.92. The normalized spacial score (nSPS) is 18.6. The first kappa shape index (κ1) is 19.1. The first-order valence-electron chi connectivity index (χ1n) is 9.56. The van der Waals surface area contributed by atoms with Gasteiger partial charge in [0.25, 0.3) is 5.91 Å². The van der Waals surface area contributed by atoms with Crippen molar-refractivity contribution in [3.8, 4) is 22.5 Å². The van der Waals surface area contributed by atoms with E-state index in [2.05, 4.69) is 15.3 Å². The molecule has 1 amide bonds. The molecule has 0 atom stereocenters. The van der Waals surface area contributed by atoms with Crippen molar-refractivity contribution in [1.29, 1.82) is 5.26 Å². The van der Waals surface area contributed by atoms with Gasteiger partial charge in [-0.2, -0.15) is 5.26 Å². The number of rotatable bonds is 5. The molecule has 1 aliphatic rings. The summed E-state index contributed by atoms with van der Waals surface area (Å²) in [5.74, 6) is 0.411. The maximum Gasteiger partial charge on any atom is 0.270 e. The highest BCUT2D eigenvalue weighted by atomic mass is 32.1. The number of benzene rings is 1. The number of nitriles is 1. The summed E-state index contributed by atoms with van der Waals surface area (Å²) in [6.45, 7) is 0. The molecule has 1 N–H and O–H groups in total. The van der Waals surface area contributed by atoms with Crippen LogP contribution in [-0.4, -0.2) is 28.0 Å². The molecule has 146 valence electrons. The summed E-state index contributed by atoms with van der Waals surface area (Å²) in [6, 6.07) is 15.5. The Labute approximate surface area is 173 Å². The van der Waals surface area contributed by atoms with Crippen LogP contribution in [-0.2, 0) is 0 Å². The monoisotopic (exact) mass is 404 g/mol. The number of aromatic nitrogens is 2. The van der Waals surface area contributed by atoms with Crippen LogP contribution in [0.4, 0.5) is 0 Å². The molecule has 7 heteroatoms. The van der Waals surface area contributed by atoms with Gasteiger partial charge in [0, 0.05) is 29.2 Å². The summed E-state index contributed by atoms with van der Waals surface area (Å²) >= 11 is 1.48. The molecule has 0 bridgehead atoms. The summed E-state index contributed by atoms with van der Waals surface area (Å²) in [5.41, 5.74) is 2.00. The number of hydrogen-bond acceptors (Lipinski definition) is 6. The van der Waals surface area contributed by atoms with Gasteiger partial charge in [0.15, 0.2) is 0 Å². The number of hydrogen-bond donors (Lipinski definition) is 1. The molecule has 6 nitrogen and oxygen atoms in total. The van der Waals surface area contributed by atoms with Crippen molar-refractivity contribution in [2.45, 2.75) is 37.8 Å². The second-order valence-electron chi connectivity index (χ2n) is 6.97. The predicted octanol–water partition coefficient (Wildman–Crippen LogP) is 4.20. The molecular weight excluding hydrogens is 384 g/mol. The van der Waals surface area contributed by atoms with E-state index in [0.717, 1.165) is 36.3 Å². The highest BCUT2D eigenvalue weighted by Gasteiger charge is 2.25. The fourth-order valence-corrected chi connectivity index (χ4v) is 4.17. The third-order valence-corrected chi connectivity index (χ3v) is 5.81. The Morgan fingerprint density at radius 2 is 1.93 bits per heavy atom. The van der Waals surface area contributed by atoms with Crippen molar-refractivity contribution in [2.24, 2.45) is 0 Å². The second-order valence-corrected chi connectivity index (χ2v) is 7.82. The summed E-state index contributed by atoms with van der Waals surface area (Å²) < 4.78 is 5.90. The summed E-state index contributed by atoms with van der Waals surface area (Å²) in [5, 5.41) is 14.6. The first-order valence-corrected chi connectivity index (χ1v) is 10.4. The van der Waals surface area contributed by atoms with Crippen LogP contribution in [0, 0.1) is 11.3 Å². The molecule has 0 spiro atoms. The molecule has 1 saturated carbocycles. The molecule has 1 fully saturated rings. The Kier molecular flexibility index (Phi) is 5.82. The Morgan fingerprint density at radius 1 is 1.14 bits per heavy atom. The van der Waals surface area contributed by atoms with Crippen LogP contribution in [0.3, 0.4) is 0 Å². The minimum atomic E-state index is -0.124. The van der Waals surface area contributed by atoms with Crippen LogP contribution in [0.2, 0.25) is 0 Å². The van der Waals surface area contributed by atoms with E-state index in [1.165, 1.54) is 17.5 Å². The van der Waals surface area contributed by atoms with Crippen LogP contribution in [0.5, 0.6) is 5.88 Å². The van der Waals surface area contributed by atoms with Crippen LogP contribution < -0.4 is 10.1 Å². The molecule has 2 aromatic heterocycles. The van der Waals surface area contributed by atoms with Crippen molar-refractivity contribution < 1.29 is 9.53 Å². The highest BCUT2D eigenvalue weighted by molar-refractivity contribution is 7.13. The molecule has 1 aromatic carbocycles. The van der Waals surface area contributed by atoms with Crippen LogP contribution in [0.15, 0.2) is 54.0 Å². The highest BCUT2D eigenvalue weighted by Crippen LogP contribution is 2.25. The van der Waals surface area contributed by atoms with Gasteiger partial charge in [-0.1, -0.05) is 30.3 Å². The maximum atomic E-state index is 12.6. The number of ether oxygens (including phenoxy) is 1. The molecule has 1 aliphatic carbocycles. The van der Waals surface area contributed by atoms with Gasteiger partial charge in [0.05, 0.1) is 5.56 Å². The lowest BCUT2D eigenvalue weighted by atomic mass is 9.93. The molecule has 0 saturated heterocycles. The van der Waals surface area contributed by atoms with Crippen LogP contribution >= 0.6 is 11.3 Å². The van der Waals surface area contributed by atoms with Gasteiger partial charge >= 0.3 is 0 Å². The average molecular weight is 404 g/mol. The van der Waals surface area contributed by atoms with Gasteiger partial charge in [-0.15, -0.1) is 11.3 Å². The van der Waals surface area contributed by atoms with E-state index >= 15 is 0 Å². The Morgan fingerprint density at radius 3 is 2.62 bits per heavy atom. The van der Waals surface area contributed by atoms with Gasteiger partial charge < -0.3 is 10.1 Å². The quantitative estimate of drug-likeness (QED) is 0.689. The summed E-state index contributed by atoms with van der Waals surface area (Å²) in [4.78, 5) is 21.2. The Bertz CT molecular complexity index is 1000. The van der Waals surface area contributed by atoms with Crippen molar-refractivity contribution in [1.82, 2.24) is 15.3 Å². The maximum absolute atomic E-state index is 12.6. The Hall–Kier alpha value is -3.24. The van der Waals surface area contributed by atoms with E-state index in [1.807, 2.05) is 41.8 Å². The number of carbonyl (C=O) groups is 1. The molecule has 0 radical (unpaired) electrons. The summed E-state index contributed by atoms with van der Waals surface area (Å²) in [6.07, 6.45) is 4.98. The van der Waals surface area contributed by atoms with E-state index in [0.29, 0.717) is 17.1 Å². The van der Waals surface area contributed by atoms with Gasteiger partial charge in [0.2, 0.25) is 5.88 Å². The standard InChI is InChI=1S/C22H20N4O2S/c23-12-15-6-11-20(24-13-15)28-18-9-7-17(8-10-18)25-21(27)19-14-29-22(26-19)16-4-2-1-3-5-16/h1-6,11,13-14,17-18H,7-10H2,(H,25,27). The van der Waals surface area contributed by atoms with E-state index < -0.39 is 0 Å². The van der Waals surface area contributed by atoms with Crippen molar-refractivity contribution >= 4 is 17.2 Å². The number of amides is 1. The van der Waals surface area contributed by atoms with Crippen molar-refractivity contribution in [3.05, 3.63) is 65.3 Å². The summed E-state index contributed by atoms with van der Waals surface area (Å²) in [7, 11) is 0. The number of thiazole rings is 1. The van der Waals surface area contributed by atoms with Gasteiger partial charge in [-0.3, -0.25) is 4.79 Å². The van der Waals surface area contributed by atoms with Crippen LogP contribution in [0.1, 0.15) is 41.7 Å². The van der Waals surface area contributed by atoms with E-state index in [9.17, 15) is 4.79 Å². The van der Waals surface area contributed by atoms with E-state index in [1.54, 1.807) is 12.1 Å². The topological polar surface area (TPSA) is 87.9 Å². The molecule has 0 aliphatic heterocycles. The fraction of sp³-hybridized carbons (Fsp3) is 0.273. The molecule has 29 heavy (non-hydrogen) atoms. The lowest BCUT2D eigenvalue weighted by molar-refractivity contribution is 0.0886. The van der Waals surface area contributed by atoms with Gasteiger partial charge in [-0.25, -0.2) is 9.97 Å². The first-order chi connectivity index (χ1) is 14.2. The second kappa shape index (κ2) is 8.84. The fourth-order valence-electron chi connectivity index (χ4n) is 3.36. The van der Waals surface area contributed by atoms with E-state index in [-0.39, 0.29) is 18.1 Å². The minimum Gasteiger partial charge on any atom is -0.474 e. The number of nitrogens with zero attached hydrogens (tertiary/aromatic N) is 3. The lowest BCUT2D eigenvalue weighted by Crippen LogP contribution is -2.39. The van der Waals surface area contributed by atoms with Crippen LogP contribution in [0.25, 0.3) is 10.6 Å². The molecule has 0 unspecified atom stereocenters. The zero-order valence-electron chi connectivity index (χ0n) is 15.7. The zero-order valence-corrected chi connectivity index (χ0v) is 16.6. The Balaban J connectivity index is 1.27. The van der Waals surface area contributed by atoms with E-state index in [4.69, 9.17) is 10.00 Å². The average Bonchev–Trinajstić information content (AvgIpc) is 3.27. The smallest absolute Gasteiger partial charge is 0.270 e. The van der Waals surface area contributed by atoms with Crippen molar-refractivity contribution in [3.63, 3.8) is 0 Å². The molecular formula is C22H20N4O2S. The van der Waals surface area contributed by atoms with Gasteiger partial charge in [0.1, 0.15) is 22.9 Å². The largest absolute Gasteiger partial charge is 0.474 e. The number of nitrogens with one attached hydrogen (secondary N) is 1. The van der Waals surface area contributed by atoms with Gasteiger partial charge in [-0.05, 0) is 31.7 Å². The lowest BCUT2D eigenvalue weighted by Gasteiger charge is -2.29. The number of pyridine rings is 1. The molecule has 4 rings (SSSR count). The SMILES string of the molecule is N#Cc1ccc(OC2CCC(NC(=O)c3csc(-c4ccccc4)n3)CC2)nc1. The minimum absolute atomic E-state index is 0.0764. The van der Waals surface area contributed by atoms with Crippen molar-refractivity contribution in [2.75, 3.05) is 0 Å². The predicted molar refractivity (Wildman–Crippen MR) is 111 cm³/mol. The molecule has 3 aromatic rings. The molecule has 2 heterocycles. The third kappa shape index (κ3) is 4.79. The zero-order chi connectivity index (χ0) is 20.1. The number of carbonyl (C=O) groups excluding carboxylic acids is 1.